The number of hydrogen-bond donors (Lipinski definition) is 1. The van der Waals surface area contributed by atoms with Gasteiger partial charge in [-0.15, -0.1) is 11.8 Å². The van der Waals surface area contributed by atoms with E-state index in [1.807, 2.05) is 11.8 Å². The lowest BCUT2D eigenvalue weighted by Crippen LogP contribution is -2.18. The lowest BCUT2D eigenvalue weighted by Gasteiger charge is -2.15. The highest BCUT2D eigenvalue weighted by atomic mass is 32.2. The van der Waals surface area contributed by atoms with E-state index in [-0.39, 0.29) is 6.10 Å². The Labute approximate surface area is 79.2 Å². The van der Waals surface area contributed by atoms with Crippen LogP contribution in [-0.2, 0) is 0 Å². The third kappa shape index (κ3) is 3.20. The Balaban J connectivity index is 2.10. The van der Waals surface area contributed by atoms with Gasteiger partial charge in [-0.05, 0) is 11.8 Å². The zero-order chi connectivity index (χ0) is 8.81. The molecule has 0 fully saturated rings. The zero-order valence-electron chi connectivity index (χ0n) is 7.70. The van der Waals surface area contributed by atoms with Crippen LogP contribution in [0.4, 0.5) is 0 Å². The molecule has 2 unspecified atom stereocenters. The van der Waals surface area contributed by atoms with E-state index < -0.39 is 0 Å². The molecule has 0 spiro atoms. The summed E-state index contributed by atoms with van der Waals surface area (Å²) in [5, 5.41) is 11.8. The summed E-state index contributed by atoms with van der Waals surface area (Å²) in [5.74, 6) is 1.50. The van der Waals surface area contributed by atoms with E-state index in [4.69, 9.17) is 0 Å². The van der Waals surface area contributed by atoms with Gasteiger partial charge < -0.3 is 5.11 Å². The Hall–Kier alpha value is 0.0500. The Morgan fingerprint density at radius 1 is 1.58 bits per heavy atom. The topological polar surface area (TPSA) is 20.2 Å². The maximum atomic E-state index is 9.71. The minimum absolute atomic E-state index is 0.0946. The van der Waals surface area contributed by atoms with Crippen molar-refractivity contribution < 1.29 is 5.11 Å². The molecule has 12 heavy (non-hydrogen) atoms. The molecule has 2 atom stereocenters. The van der Waals surface area contributed by atoms with Crippen molar-refractivity contribution in [1.82, 2.24) is 0 Å². The van der Waals surface area contributed by atoms with Crippen LogP contribution in [0.1, 0.15) is 32.6 Å². The van der Waals surface area contributed by atoms with Crippen LogP contribution in [0.15, 0.2) is 11.5 Å². The molecule has 0 radical (unpaired) electrons. The molecule has 70 valence electrons. The van der Waals surface area contributed by atoms with E-state index in [0.29, 0.717) is 5.92 Å². The molecule has 0 saturated heterocycles. The second kappa shape index (κ2) is 5.65. The predicted octanol–water partition coefficient (Wildman–Crippen LogP) is 2.80. The number of unbranched alkanes of at least 4 members (excludes halogenated alkanes) is 2. The van der Waals surface area contributed by atoms with Gasteiger partial charge in [-0.25, -0.2) is 0 Å². The van der Waals surface area contributed by atoms with Crippen LogP contribution >= 0.6 is 11.8 Å². The monoisotopic (exact) mass is 186 g/mol. The molecule has 0 saturated carbocycles. The summed E-state index contributed by atoms with van der Waals surface area (Å²) in [6.45, 7) is 2.19. The van der Waals surface area contributed by atoms with Gasteiger partial charge in [-0.1, -0.05) is 32.3 Å². The van der Waals surface area contributed by atoms with E-state index in [1.165, 1.54) is 19.3 Å². The number of rotatable bonds is 5. The van der Waals surface area contributed by atoms with Gasteiger partial charge >= 0.3 is 0 Å². The van der Waals surface area contributed by atoms with Crippen LogP contribution in [0.5, 0.6) is 0 Å². The number of aliphatic hydroxyl groups excluding tert-OH is 1. The molecule has 1 nitrogen and oxygen atoms in total. The molecular weight excluding hydrogens is 168 g/mol. The Morgan fingerprint density at radius 3 is 3.00 bits per heavy atom. The first-order chi connectivity index (χ1) is 5.84. The standard InChI is InChI=1S/C10H18OS/c1-2-3-4-5-10(11)9-6-7-12-8-9/h6-7,9-11H,2-5,8H2,1H3. The van der Waals surface area contributed by atoms with Crippen molar-refractivity contribution in [3.8, 4) is 0 Å². The van der Waals surface area contributed by atoms with Crippen LogP contribution in [0, 0.1) is 5.92 Å². The van der Waals surface area contributed by atoms with Gasteiger partial charge in [0.05, 0.1) is 6.10 Å². The van der Waals surface area contributed by atoms with Crippen molar-refractivity contribution in [2.24, 2.45) is 5.92 Å². The van der Waals surface area contributed by atoms with Gasteiger partial charge in [0.15, 0.2) is 0 Å². The summed E-state index contributed by atoms with van der Waals surface area (Å²) in [6.07, 6.45) is 6.68. The van der Waals surface area contributed by atoms with Crippen molar-refractivity contribution in [1.29, 1.82) is 0 Å². The minimum atomic E-state index is -0.0946. The van der Waals surface area contributed by atoms with Gasteiger partial charge in [-0.2, -0.15) is 0 Å². The van der Waals surface area contributed by atoms with Crippen molar-refractivity contribution in [2.45, 2.75) is 38.7 Å². The van der Waals surface area contributed by atoms with Crippen molar-refractivity contribution in [2.75, 3.05) is 5.75 Å². The highest BCUT2D eigenvalue weighted by Crippen LogP contribution is 2.25. The average Bonchev–Trinajstić information content (AvgIpc) is 2.56. The SMILES string of the molecule is CCCCCC(O)C1C=CSC1. The lowest BCUT2D eigenvalue weighted by atomic mass is 9.99. The molecule has 2 heteroatoms. The third-order valence-electron chi connectivity index (χ3n) is 2.31. The molecule has 0 aromatic rings. The van der Waals surface area contributed by atoms with E-state index in [2.05, 4.69) is 18.4 Å². The van der Waals surface area contributed by atoms with Gasteiger partial charge in [0.25, 0.3) is 0 Å². The quantitative estimate of drug-likeness (QED) is 0.666. The molecule has 1 aliphatic rings. The molecule has 1 N–H and O–H groups in total. The Bertz CT molecular complexity index is 145. The first-order valence-electron chi connectivity index (χ1n) is 4.81. The number of thioether (sulfide) groups is 1. The van der Waals surface area contributed by atoms with Crippen LogP contribution in [-0.4, -0.2) is 17.0 Å². The molecule has 0 amide bonds. The average molecular weight is 186 g/mol. The summed E-state index contributed by atoms with van der Waals surface area (Å²) < 4.78 is 0. The van der Waals surface area contributed by atoms with E-state index in [9.17, 15) is 5.11 Å². The van der Waals surface area contributed by atoms with Gasteiger partial charge in [0.2, 0.25) is 0 Å². The van der Waals surface area contributed by atoms with E-state index >= 15 is 0 Å². The second-order valence-corrected chi connectivity index (χ2v) is 4.33. The fourth-order valence-electron chi connectivity index (χ4n) is 1.44. The fourth-order valence-corrected chi connectivity index (χ4v) is 2.42. The largest absolute Gasteiger partial charge is 0.392 e. The molecule has 0 bridgehead atoms. The van der Waals surface area contributed by atoms with Gasteiger partial charge in [-0.3, -0.25) is 0 Å². The first kappa shape index (κ1) is 10.1. The molecule has 0 aromatic heterocycles. The Morgan fingerprint density at radius 2 is 2.42 bits per heavy atom. The fraction of sp³-hybridized carbons (Fsp3) is 0.800. The Kier molecular flexibility index (Phi) is 4.77. The van der Waals surface area contributed by atoms with Crippen molar-refractivity contribution in [3.05, 3.63) is 11.5 Å². The molecule has 1 aliphatic heterocycles. The summed E-state index contributed by atoms with van der Waals surface area (Å²) >= 11 is 1.81. The van der Waals surface area contributed by atoms with E-state index in [0.717, 1.165) is 12.2 Å². The zero-order valence-corrected chi connectivity index (χ0v) is 8.52. The van der Waals surface area contributed by atoms with Gasteiger partial charge in [0, 0.05) is 11.7 Å². The molecule has 0 aromatic carbocycles. The lowest BCUT2D eigenvalue weighted by molar-refractivity contribution is 0.128. The molecule has 1 heterocycles. The van der Waals surface area contributed by atoms with Gasteiger partial charge in [0.1, 0.15) is 0 Å². The summed E-state index contributed by atoms with van der Waals surface area (Å²) in [6, 6.07) is 0. The minimum Gasteiger partial charge on any atom is -0.392 e. The van der Waals surface area contributed by atoms with Crippen molar-refractivity contribution >= 4 is 11.8 Å². The summed E-state index contributed by atoms with van der Waals surface area (Å²) in [4.78, 5) is 0. The number of hydrogen-bond acceptors (Lipinski definition) is 2. The molecule has 1 rings (SSSR count). The maximum Gasteiger partial charge on any atom is 0.0611 e. The maximum absolute atomic E-state index is 9.71. The van der Waals surface area contributed by atoms with Crippen LogP contribution < -0.4 is 0 Å². The van der Waals surface area contributed by atoms with E-state index in [1.54, 1.807) is 0 Å². The predicted molar refractivity (Wildman–Crippen MR) is 55.2 cm³/mol. The normalized spacial score (nSPS) is 24.7. The second-order valence-electron chi connectivity index (χ2n) is 3.39. The summed E-state index contributed by atoms with van der Waals surface area (Å²) in [7, 11) is 0. The highest BCUT2D eigenvalue weighted by Gasteiger charge is 2.18. The first-order valence-corrected chi connectivity index (χ1v) is 5.85. The third-order valence-corrected chi connectivity index (χ3v) is 3.24. The molecular formula is C10H18OS. The van der Waals surface area contributed by atoms with Crippen LogP contribution in [0.25, 0.3) is 0 Å². The smallest absolute Gasteiger partial charge is 0.0611 e. The molecule has 0 aliphatic carbocycles. The highest BCUT2D eigenvalue weighted by molar-refractivity contribution is 8.02. The number of aliphatic hydroxyl groups is 1. The van der Waals surface area contributed by atoms with Crippen LogP contribution in [0.2, 0.25) is 0 Å². The summed E-state index contributed by atoms with van der Waals surface area (Å²) in [5.41, 5.74) is 0. The van der Waals surface area contributed by atoms with Crippen molar-refractivity contribution in [3.63, 3.8) is 0 Å². The van der Waals surface area contributed by atoms with Crippen LogP contribution in [0.3, 0.4) is 0 Å².